The number of methoxy groups -OCH3 is 1. The summed E-state index contributed by atoms with van der Waals surface area (Å²) in [6.45, 7) is 0.298. The fourth-order valence-corrected chi connectivity index (χ4v) is 4.59. The van der Waals surface area contributed by atoms with Crippen LogP contribution in [0.25, 0.3) is 6.08 Å². The lowest BCUT2D eigenvalue weighted by Crippen LogP contribution is -2.19. The molecule has 1 aliphatic rings. The van der Waals surface area contributed by atoms with Crippen molar-refractivity contribution < 1.29 is 14.3 Å². The summed E-state index contributed by atoms with van der Waals surface area (Å²) in [6.07, 6.45) is 1.79. The highest BCUT2D eigenvalue weighted by atomic mass is 79.9. The Balaban J connectivity index is 1.55. The van der Waals surface area contributed by atoms with Crippen LogP contribution in [0.1, 0.15) is 11.1 Å². The van der Waals surface area contributed by atoms with Gasteiger partial charge in [-0.1, -0.05) is 48.0 Å². The molecule has 0 spiro atoms. The highest BCUT2D eigenvalue weighted by Gasteiger charge is 2.24. The zero-order valence-electron chi connectivity index (χ0n) is 17.0. The SMILES string of the molecule is COc1cc(/C=C2/SC(=Nc3ccccc3)NC2=O)cc(Br)c1OCc1ccccc1Cl. The summed E-state index contributed by atoms with van der Waals surface area (Å²) < 4.78 is 12.2. The zero-order valence-corrected chi connectivity index (χ0v) is 20.1. The third-order valence-electron chi connectivity index (χ3n) is 4.52. The van der Waals surface area contributed by atoms with Crippen molar-refractivity contribution >= 4 is 62.1 Å². The molecule has 32 heavy (non-hydrogen) atoms. The molecule has 4 rings (SSSR count). The number of hydrogen-bond acceptors (Lipinski definition) is 5. The van der Waals surface area contributed by atoms with Crippen LogP contribution < -0.4 is 14.8 Å². The number of carbonyl (C=O) groups is 1. The van der Waals surface area contributed by atoms with Gasteiger partial charge >= 0.3 is 0 Å². The maximum Gasteiger partial charge on any atom is 0.264 e. The molecule has 162 valence electrons. The first-order valence-corrected chi connectivity index (χ1v) is 11.6. The number of benzene rings is 3. The smallest absolute Gasteiger partial charge is 0.264 e. The van der Waals surface area contributed by atoms with Crippen LogP contribution >= 0.6 is 39.3 Å². The van der Waals surface area contributed by atoms with Crippen molar-refractivity contribution in [2.75, 3.05) is 7.11 Å². The van der Waals surface area contributed by atoms with Crippen LogP contribution in [0.15, 0.2) is 81.1 Å². The molecule has 1 saturated heterocycles. The van der Waals surface area contributed by atoms with Gasteiger partial charge in [-0.25, -0.2) is 4.99 Å². The second-order valence-electron chi connectivity index (χ2n) is 6.73. The molecular formula is C24H18BrClN2O3S. The van der Waals surface area contributed by atoms with E-state index in [0.29, 0.717) is 37.7 Å². The molecule has 1 fully saturated rings. The standard InChI is InChI=1S/C24H18BrClN2O3S/c1-30-20-12-15(11-18(25)22(20)31-14-16-7-5-6-10-19(16)26)13-21-23(29)28-24(32-21)27-17-8-3-2-4-9-17/h2-13H,14H2,1H3,(H,27,28,29)/b21-13+. The number of rotatable bonds is 6. The van der Waals surface area contributed by atoms with Crippen LogP contribution in [-0.2, 0) is 11.4 Å². The molecule has 1 aliphatic heterocycles. The molecule has 0 radical (unpaired) electrons. The van der Waals surface area contributed by atoms with E-state index in [1.807, 2.05) is 66.7 Å². The zero-order chi connectivity index (χ0) is 22.5. The highest BCUT2D eigenvalue weighted by Crippen LogP contribution is 2.39. The first-order chi connectivity index (χ1) is 15.5. The molecule has 0 bridgehead atoms. The number of halogens is 2. The van der Waals surface area contributed by atoms with Crippen LogP contribution in [0.3, 0.4) is 0 Å². The quantitative estimate of drug-likeness (QED) is 0.366. The number of nitrogens with one attached hydrogen (secondary N) is 1. The fourth-order valence-electron chi connectivity index (χ4n) is 2.98. The van der Waals surface area contributed by atoms with Crippen LogP contribution in [0.4, 0.5) is 5.69 Å². The third-order valence-corrected chi connectivity index (χ3v) is 6.38. The van der Waals surface area contributed by atoms with Crippen molar-refractivity contribution in [3.8, 4) is 11.5 Å². The number of ether oxygens (including phenoxy) is 2. The molecule has 1 N–H and O–H groups in total. The summed E-state index contributed by atoms with van der Waals surface area (Å²) in [7, 11) is 1.57. The van der Waals surface area contributed by atoms with E-state index >= 15 is 0 Å². The van der Waals surface area contributed by atoms with Gasteiger partial charge in [0, 0.05) is 10.6 Å². The van der Waals surface area contributed by atoms with Crippen molar-refractivity contribution in [3.05, 3.63) is 92.3 Å². The first kappa shape index (κ1) is 22.5. The first-order valence-electron chi connectivity index (χ1n) is 9.62. The summed E-state index contributed by atoms with van der Waals surface area (Å²) in [5.41, 5.74) is 2.44. The maximum absolute atomic E-state index is 12.4. The summed E-state index contributed by atoms with van der Waals surface area (Å²) in [5, 5.41) is 3.98. The van der Waals surface area contributed by atoms with E-state index in [4.69, 9.17) is 21.1 Å². The summed E-state index contributed by atoms with van der Waals surface area (Å²) in [6, 6.07) is 20.7. The minimum Gasteiger partial charge on any atom is -0.493 e. The lowest BCUT2D eigenvalue weighted by molar-refractivity contribution is -0.115. The van der Waals surface area contributed by atoms with Gasteiger partial charge in [-0.2, -0.15) is 0 Å². The number of amidine groups is 1. The van der Waals surface area contributed by atoms with Gasteiger partial charge in [0.25, 0.3) is 5.91 Å². The molecule has 1 amide bonds. The number of para-hydroxylation sites is 1. The fraction of sp³-hybridized carbons (Fsp3) is 0.0833. The van der Waals surface area contributed by atoms with E-state index in [1.165, 1.54) is 11.8 Å². The maximum atomic E-state index is 12.4. The number of nitrogens with zero attached hydrogens (tertiary/aromatic N) is 1. The Labute approximate surface area is 203 Å². The minimum absolute atomic E-state index is 0.196. The number of amides is 1. The van der Waals surface area contributed by atoms with Gasteiger partial charge in [-0.15, -0.1) is 0 Å². The van der Waals surface area contributed by atoms with Crippen molar-refractivity contribution in [1.29, 1.82) is 0 Å². The van der Waals surface area contributed by atoms with Crippen LogP contribution in [0.5, 0.6) is 11.5 Å². The largest absolute Gasteiger partial charge is 0.493 e. The summed E-state index contributed by atoms with van der Waals surface area (Å²) in [4.78, 5) is 17.4. The third kappa shape index (κ3) is 5.35. The van der Waals surface area contributed by atoms with Gasteiger partial charge in [0.05, 0.1) is 22.2 Å². The molecule has 0 aliphatic carbocycles. The molecule has 3 aromatic rings. The van der Waals surface area contributed by atoms with Gasteiger partial charge in [-0.3, -0.25) is 4.79 Å². The predicted octanol–water partition coefficient (Wildman–Crippen LogP) is 6.58. The normalized spacial score (nSPS) is 15.8. The van der Waals surface area contributed by atoms with E-state index in [1.54, 1.807) is 13.2 Å². The monoisotopic (exact) mass is 528 g/mol. The van der Waals surface area contributed by atoms with Gasteiger partial charge < -0.3 is 14.8 Å². The van der Waals surface area contributed by atoms with Crippen LogP contribution in [0, 0.1) is 0 Å². The Morgan fingerprint density at radius 2 is 1.88 bits per heavy atom. The Morgan fingerprint density at radius 1 is 1.12 bits per heavy atom. The molecule has 0 aromatic heterocycles. The van der Waals surface area contributed by atoms with Gasteiger partial charge in [0.15, 0.2) is 16.7 Å². The number of hydrogen-bond donors (Lipinski definition) is 1. The van der Waals surface area contributed by atoms with E-state index in [0.717, 1.165) is 16.8 Å². The molecule has 1 heterocycles. The number of aliphatic imine (C=N–C) groups is 1. The summed E-state index contributed by atoms with van der Waals surface area (Å²) >= 11 is 11.1. The Bertz CT molecular complexity index is 1220. The molecular weight excluding hydrogens is 512 g/mol. The topological polar surface area (TPSA) is 59.9 Å². The molecule has 8 heteroatoms. The Hall–Kier alpha value is -2.74. The second-order valence-corrected chi connectivity index (χ2v) is 9.02. The van der Waals surface area contributed by atoms with Crippen molar-refractivity contribution in [3.63, 3.8) is 0 Å². The van der Waals surface area contributed by atoms with E-state index in [2.05, 4.69) is 26.2 Å². The Kier molecular flexibility index (Phi) is 7.19. The van der Waals surface area contributed by atoms with Crippen LogP contribution in [-0.4, -0.2) is 18.2 Å². The Morgan fingerprint density at radius 3 is 2.62 bits per heavy atom. The molecule has 5 nitrogen and oxygen atoms in total. The van der Waals surface area contributed by atoms with Gasteiger partial charge in [0.1, 0.15) is 6.61 Å². The minimum atomic E-state index is -0.196. The molecule has 3 aromatic carbocycles. The van der Waals surface area contributed by atoms with E-state index in [9.17, 15) is 4.79 Å². The van der Waals surface area contributed by atoms with Crippen molar-refractivity contribution in [2.45, 2.75) is 6.61 Å². The highest BCUT2D eigenvalue weighted by molar-refractivity contribution is 9.10. The van der Waals surface area contributed by atoms with E-state index < -0.39 is 0 Å². The predicted molar refractivity (Wildman–Crippen MR) is 134 cm³/mol. The van der Waals surface area contributed by atoms with Gasteiger partial charge in [-0.05, 0) is 69.7 Å². The average Bonchev–Trinajstić information content (AvgIpc) is 3.12. The molecule has 0 atom stereocenters. The lowest BCUT2D eigenvalue weighted by Gasteiger charge is -2.14. The van der Waals surface area contributed by atoms with Crippen molar-refractivity contribution in [1.82, 2.24) is 5.32 Å². The number of thioether (sulfide) groups is 1. The molecule has 0 saturated carbocycles. The van der Waals surface area contributed by atoms with Crippen molar-refractivity contribution in [2.24, 2.45) is 4.99 Å². The van der Waals surface area contributed by atoms with Crippen LogP contribution in [0.2, 0.25) is 5.02 Å². The van der Waals surface area contributed by atoms with E-state index in [-0.39, 0.29) is 5.91 Å². The second kappa shape index (κ2) is 10.3. The molecule has 0 unspecified atom stereocenters. The van der Waals surface area contributed by atoms with Gasteiger partial charge in [0.2, 0.25) is 0 Å². The lowest BCUT2D eigenvalue weighted by atomic mass is 10.2. The average molecular weight is 530 g/mol. The number of carbonyl (C=O) groups excluding carboxylic acids is 1. The summed E-state index contributed by atoms with van der Waals surface area (Å²) in [5.74, 6) is 0.906.